The van der Waals surface area contributed by atoms with E-state index in [1.165, 1.54) is 25.6 Å². The molecule has 0 saturated carbocycles. The van der Waals surface area contributed by atoms with Crippen LogP contribution in [0.1, 0.15) is 99.1 Å². The molecule has 2 aromatic carbocycles. The van der Waals surface area contributed by atoms with Gasteiger partial charge in [-0.25, -0.2) is 4.79 Å². The summed E-state index contributed by atoms with van der Waals surface area (Å²) in [6, 6.07) is 5.30. The van der Waals surface area contributed by atoms with E-state index in [4.69, 9.17) is 16.2 Å². The third-order valence-corrected chi connectivity index (χ3v) is 13.1. The Morgan fingerprint density at radius 3 is 1.78 bits per heavy atom. The molecule has 3 rings (SSSR count). The van der Waals surface area contributed by atoms with Crippen LogP contribution in [0, 0.1) is 11.8 Å². The Morgan fingerprint density at radius 1 is 0.617 bits per heavy atom. The third kappa shape index (κ3) is 23.5. The van der Waals surface area contributed by atoms with Gasteiger partial charge in [-0.3, -0.25) is 47.9 Å². The number of benzene rings is 2. The predicted octanol–water partition coefficient (Wildman–Crippen LogP) is -0.0371. The number of ether oxygens (including phenoxy) is 1. The fraction of sp³-hybridized carbons (Fsp3) is 0.545. The molecule has 81 heavy (non-hydrogen) atoms. The Bertz CT molecular complexity index is 2660. The number of amides is 11. The van der Waals surface area contributed by atoms with Crippen LogP contribution in [0.25, 0.3) is 10.9 Å². The molecule has 9 atom stereocenters. The first-order valence-corrected chi connectivity index (χ1v) is 28.1. The molecule has 3 aromatic rings. The Hall–Kier alpha value is -7.74. The predicted molar refractivity (Wildman–Crippen MR) is 304 cm³/mol. The lowest BCUT2D eigenvalue weighted by Gasteiger charge is -2.28. The van der Waals surface area contributed by atoms with Crippen LogP contribution >= 0.6 is 11.8 Å². The van der Waals surface area contributed by atoms with Crippen LogP contribution in [0.3, 0.4) is 0 Å². The van der Waals surface area contributed by atoms with Gasteiger partial charge in [-0.15, -0.1) is 0 Å². The van der Waals surface area contributed by atoms with E-state index < -0.39 is 144 Å². The molecule has 25 nitrogen and oxygen atoms in total. The summed E-state index contributed by atoms with van der Waals surface area (Å²) in [5, 5.41) is 34.2. The Labute approximate surface area is 476 Å². The molecule has 15 N–H and O–H groups in total. The number of para-hydroxylation sites is 1. The third-order valence-electron chi connectivity index (χ3n) is 12.4. The molecule has 0 aliphatic rings. The van der Waals surface area contributed by atoms with Gasteiger partial charge in [0.05, 0.1) is 12.6 Å². The number of fused-ring (bicyclic) bond motifs is 1. The second-order valence-electron chi connectivity index (χ2n) is 21.5. The topological polar surface area (TPSA) is 393 Å². The first-order valence-electron chi connectivity index (χ1n) is 26.7. The van der Waals surface area contributed by atoms with Crippen LogP contribution in [-0.4, -0.2) is 154 Å². The quantitative estimate of drug-likeness (QED) is 0.0391. The fourth-order valence-corrected chi connectivity index (χ4v) is 8.67. The van der Waals surface area contributed by atoms with Gasteiger partial charge in [0.1, 0.15) is 53.9 Å². The Morgan fingerprint density at radius 2 is 1.19 bits per heavy atom. The number of carbonyl (C=O) groups is 11. The minimum absolute atomic E-state index is 0.00740. The maximum Gasteiger partial charge on any atom is 0.408 e. The number of nitrogens with one attached hydrogen (secondary N) is 10. The van der Waals surface area contributed by atoms with E-state index in [0.29, 0.717) is 27.8 Å². The minimum Gasteiger partial charge on any atom is -0.444 e. The van der Waals surface area contributed by atoms with Crippen molar-refractivity contribution < 1.29 is 62.6 Å². The average molecular weight is 1150 g/mol. The molecule has 0 aliphatic heterocycles. The van der Waals surface area contributed by atoms with Gasteiger partial charge in [-0.05, 0) is 94.9 Å². The van der Waals surface area contributed by atoms with Crippen molar-refractivity contribution in [3.8, 4) is 0 Å². The van der Waals surface area contributed by atoms with Crippen molar-refractivity contribution in [2.24, 2.45) is 23.3 Å². The summed E-state index contributed by atoms with van der Waals surface area (Å²) in [6.45, 7) is 13.6. The number of thioether (sulfide) groups is 1. The number of rotatable bonds is 32. The van der Waals surface area contributed by atoms with E-state index in [0.717, 1.165) is 0 Å². The number of hydrogen-bond acceptors (Lipinski definition) is 14. The number of alkyl carbamates (subject to hydrolysis) is 1. The summed E-state index contributed by atoms with van der Waals surface area (Å²) in [5.41, 5.74) is 11.9. The molecule has 0 saturated heterocycles. The molecular formula is C55H82N12O13S. The lowest BCUT2D eigenvalue weighted by molar-refractivity contribution is -0.135. The number of H-pyrrole nitrogens is 1. The zero-order chi connectivity index (χ0) is 60.7. The van der Waals surface area contributed by atoms with Gasteiger partial charge in [0.2, 0.25) is 59.1 Å². The van der Waals surface area contributed by atoms with Crippen molar-refractivity contribution in [2.75, 3.05) is 18.6 Å². The number of nitrogens with two attached hydrogens (primary N) is 2. The summed E-state index contributed by atoms with van der Waals surface area (Å²) in [4.78, 5) is 150. The number of aliphatic hydroxyl groups excluding tert-OH is 1. The van der Waals surface area contributed by atoms with E-state index in [2.05, 4.69) is 52.8 Å². The summed E-state index contributed by atoms with van der Waals surface area (Å²) < 4.78 is 5.22. The number of primary amides is 2. The van der Waals surface area contributed by atoms with Crippen molar-refractivity contribution in [3.63, 3.8) is 0 Å². The molecule has 1 aromatic heterocycles. The normalized spacial score (nSPS) is 14.7. The second-order valence-corrected chi connectivity index (χ2v) is 22.5. The van der Waals surface area contributed by atoms with Crippen LogP contribution in [0.4, 0.5) is 4.79 Å². The fourth-order valence-electron chi connectivity index (χ4n) is 8.20. The van der Waals surface area contributed by atoms with Gasteiger partial charge in [0.25, 0.3) is 0 Å². The minimum atomic E-state index is -1.63. The highest BCUT2D eigenvalue weighted by Crippen LogP contribution is 2.20. The van der Waals surface area contributed by atoms with Crippen LogP contribution in [0.15, 0.2) is 60.8 Å². The molecule has 0 unspecified atom stereocenters. The lowest BCUT2D eigenvalue weighted by atomic mass is 10.0. The zero-order valence-corrected chi connectivity index (χ0v) is 48.5. The van der Waals surface area contributed by atoms with Gasteiger partial charge in [-0.1, -0.05) is 76.2 Å². The summed E-state index contributed by atoms with van der Waals surface area (Å²) in [5.74, 6) is -8.30. The highest BCUT2D eigenvalue weighted by Gasteiger charge is 2.36. The molecule has 446 valence electrons. The first-order chi connectivity index (χ1) is 38.0. The van der Waals surface area contributed by atoms with Crippen molar-refractivity contribution in [3.05, 3.63) is 71.9 Å². The van der Waals surface area contributed by atoms with Crippen molar-refractivity contribution in [2.45, 2.75) is 161 Å². The molecule has 26 heteroatoms. The average Bonchev–Trinajstić information content (AvgIpc) is 3.82. The Kier molecular flexibility index (Phi) is 27.1. The maximum absolute atomic E-state index is 14.3. The largest absolute Gasteiger partial charge is 0.444 e. The molecule has 0 spiro atoms. The van der Waals surface area contributed by atoms with E-state index >= 15 is 0 Å². The summed E-state index contributed by atoms with van der Waals surface area (Å²) in [7, 11) is 0. The number of aromatic nitrogens is 1. The van der Waals surface area contributed by atoms with Crippen LogP contribution < -0.4 is 59.3 Å². The molecule has 11 amide bonds. The smallest absolute Gasteiger partial charge is 0.408 e. The molecule has 0 bridgehead atoms. The lowest BCUT2D eigenvalue weighted by Crippen LogP contribution is -2.60. The number of hydrogen-bond donors (Lipinski definition) is 13. The van der Waals surface area contributed by atoms with Gasteiger partial charge in [-0.2, -0.15) is 11.8 Å². The first kappa shape index (κ1) is 67.5. The number of carbonyl (C=O) groups excluding carboxylic acids is 11. The molecular weight excluding hydrogens is 1070 g/mol. The van der Waals surface area contributed by atoms with Crippen molar-refractivity contribution in [1.29, 1.82) is 0 Å². The second kappa shape index (κ2) is 32.5. The van der Waals surface area contributed by atoms with E-state index in [1.54, 1.807) is 95.4 Å². The zero-order valence-electron chi connectivity index (χ0n) is 47.7. The van der Waals surface area contributed by atoms with Gasteiger partial charge < -0.3 is 74.1 Å². The van der Waals surface area contributed by atoms with Crippen molar-refractivity contribution in [1.82, 2.24) is 52.8 Å². The molecule has 0 aliphatic carbocycles. The monoisotopic (exact) mass is 1150 g/mol. The molecule has 0 fully saturated rings. The van der Waals surface area contributed by atoms with Gasteiger partial charge >= 0.3 is 6.09 Å². The number of aromatic amines is 1. The summed E-state index contributed by atoms with van der Waals surface area (Å²) >= 11 is 1.47. The SMILES string of the molecule is CSCC[C@H](NC(=O)[C@H](CC(C)C)NC(=O)[C@@H](Cc1ccccc1)NC(=O)CNC(=O)[C@@H](NC(=O)[C@H](C)NC(=O)[C@H](Cc1c[nH]c2ccccc12)NC(=O)[C@H](CCC(N)=O)NC(=O)[C@@H](NC(=O)OC(C)(C)C)[C@@H](C)O)C(C)C)C(N)=O. The van der Waals surface area contributed by atoms with Crippen LogP contribution in [0.2, 0.25) is 0 Å². The highest BCUT2D eigenvalue weighted by atomic mass is 32.2. The Balaban J connectivity index is 1.80. The van der Waals surface area contributed by atoms with Gasteiger partial charge in [0.15, 0.2) is 0 Å². The highest BCUT2D eigenvalue weighted by molar-refractivity contribution is 7.98. The van der Waals surface area contributed by atoms with Crippen molar-refractivity contribution >= 4 is 87.8 Å². The summed E-state index contributed by atoms with van der Waals surface area (Å²) in [6.07, 6.45) is 0.452. The van der Waals surface area contributed by atoms with Crippen LogP contribution in [-0.2, 0) is 65.5 Å². The van der Waals surface area contributed by atoms with Gasteiger partial charge in [0, 0.05) is 36.4 Å². The standard InChI is InChI=1S/C55H82N12O13S/c1-29(2)24-39(50(75)62-37(46(57)71)22-23-81-10)64-51(76)40(25-33-16-12-11-13-17-33)61-43(70)28-59-52(77)44(30(3)4)66-47(72)31(5)60-49(74)41(26-34-27-58-36-19-15-14-18-35(34)36)65-48(73)38(20-21-42(56)69)63-53(78)45(32(6)68)67-54(79)80-55(7,8)9/h11-19,27,29-32,37-41,44-45,58,68H,20-26,28H2,1-10H3,(H2,56,69)(H2,57,71)(H,59,77)(H,60,74)(H,61,70)(H,62,75)(H,63,78)(H,64,76)(H,65,73)(H,66,72)(H,67,79)/t31-,32+,37-,38-,39-,40+,41-,44-,45-/m0/s1. The van der Waals surface area contributed by atoms with Crippen LogP contribution in [0.5, 0.6) is 0 Å². The van der Waals surface area contributed by atoms with E-state index in [-0.39, 0.29) is 38.0 Å². The molecule has 1 heterocycles. The maximum atomic E-state index is 14.3. The van der Waals surface area contributed by atoms with E-state index in [1.807, 2.05) is 20.1 Å². The van der Waals surface area contributed by atoms with E-state index in [9.17, 15) is 57.8 Å². The molecule has 0 radical (unpaired) electrons. The number of aliphatic hydroxyl groups is 1.